The topological polar surface area (TPSA) is 53.6 Å². The Balaban J connectivity index is 1.84. The number of aromatic nitrogens is 3. The number of hydrogen-bond donors (Lipinski definition) is 2. The van der Waals surface area contributed by atoms with Gasteiger partial charge in [-0.1, -0.05) is 13.8 Å². The number of nitrogens with zero attached hydrogens (tertiary/aromatic N) is 2. The monoisotopic (exact) mass is 286 g/mol. The molecule has 0 fully saturated rings. The Morgan fingerprint density at radius 1 is 1.35 bits per heavy atom. The molecule has 4 nitrogen and oxygen atoms in total. The van der Waals surface area contributed by atoms with Crippen molar-refractivity contribution in [2.75, 3.05) is 6.54 Å². The summed E-state index contributed by atoms with van der Waals surface area (Å²) in [6.07, 6.45) is 3.80. The maximum Gasteiger partial charge on any atom is 0.0810 e. The van der Waals surface area contributed by atoms with E-state index < -0.39 is 0 Å². The largest absolute Gasteiger partial charge is 0.312 e. The van der Waals surface area contributed by atoms with Gasteiger partial charge < -0.3 is 5.32 Å². The first-order valence-corrected chi connectivity index (χ1v) is 7.68. The number of pyridine rings is 1. The van der Waals surface area contributed by atoms with Crippen molar-refractivity contribution in [3.63, 3.8) is 0 Å². The Morgan fingerprint density at radius 2 is 2.25 bits per heavy atom. The maximum atomic E-state index is 4.49. The first-order valence-electron chi connectivity index (χ1n) is 6.80. The summed E-state index contributed by atoms with van der Waals surface area (Å²) in [6, 6.07) is 4.22. The van der Waals surface area contributed by atoms with E-state index in [1.54, 1.807) is 11.3 Å². The van der Waals surface area contributed by atoms with Crippen LogP contribution in [0.4, 0.5) is 0 Å². The van der Waals surface area contributed by atoms with E-state index in [-0.39, 0.29) is 0 Å². The van der Waals surface area contributed by atoms with Crippen LogP contribution in [-0.2, 0) is 6.54 Å². The van der Waals surface area contributed by atoms with E-state index in [9.17, 15) is 0 Å². The smallest absolute Gasteiger partial charge is 0.0810 e. The Morgan fingerprint density at radius 3 is 3.10 bits per heavy atom. The minimum absolute atomic E-state index is 0.648. The zero-order valence-electron chi connectivity index (χ0n) is 11.7. The maximum absolute atomic E-state index is 4.49. The van der Waals surface area contributed by atoms with Gasteiger partial charge in [0.15, 0.2) is 0 Å². The van der Waals surface area contributed by atoms with Crippen molar-refractivity contribution < 1.29 is 0 Å². The highest BCUT2D eigenvalue weighted by Gasteiger charge is 2.09. The number of rotatable bonds is 5. The molecule has 0 saturated carbocycles. The Bertz CT molecular complexity index is 699. The lowest BCUT2D eigenvalue weighted by Gasteiger charge is -2.07. The molecule has 3 aromatic heterocycles. The van der Waals surface area contributed by atoms with Gasteiger partial charge in [0.2, 0.25) is 0 Å². The van der Waals surface area contributed by atoms with Crippen LogP contribution in [0.5, 0.6) is 0 Å². The van der Waals surface area contributed by atoms with Crippen LogP contribution in [0.3, 0.4) is 0 Å². The molecule has 104 valence electrons. The first-order chi connectivity index (χ1) is 9.74. The molecule has 0 saturated heterocycles. The molecular formula is C15H18N4S. The van der Waals surface area contributed by atoms with Gasteiger partial charge in [-0.2, -0.15) is 5.10 Å². The van der Waals surface area contributed by atoms with E-state index in [2.05, 4.69) is 45.8 Å². The van der Waals surface area contributed by atoms with Crippen LogP contribution in [0.2, 0.25) is 0 Å². The predicted molar refractivity (Wildman–Crippen MR) is 83.7 cm³/mol. The van der Waals surface area contributed by atoms with Gasteiger partial charge in [0.05, 0.1) is 22.1 Å². The van der Waals surface area contributed by atoms with Gasteiger partial charge in [-0.3, -0.25) is 10.1 Å². The SMILES string of the molecule is CC(C)CNCc1cn[nH]c1-c1cnc2ccsc2c1. The summed E-state index contributed by atoms with van der Waals surface area (Å²) in [4.78, 5) is 4.49. The number of H-pyrrole nitrogens is 1. The van der Waals surface area contributed by atoms with Gasteiger partial charge in [0, 0.05) is 23.9 Å². The summed E-state index contributed by atoms with van der Waals surface area (Å²) in [5.74, 6) is 0.648. The molecule has 0 spiro atoms. The van der Waals surface area contributed by atoms with E-state index in [0.717, 1.165) is 29.9 Å². The van der Waals surface area contributed by atoms with Crippen molar-refractivity contribution >= 4 is 21.6 Å². The summed E-state index contributed by atoms with van der Waals surface area (Å²) in [5, 5.41) is 12.8. The molecule has 0 unspecified atom stereocenters. The lowest BCUT2D eigenvalue weighted by molar-refractivity contribution is 0.553. The third kappa shape index (κ3) is 2.73. The van der Waals surface area contributed by atoms with Crippen molar-refractivity contribution in [1.29, 1.82) is 0 Å². The Hall–Kier alpha value is -1.72. The summed E-state index contributed by atoms with van der Waals surface area (Å²) in [6.45, 7) is 6.25. The van der Waals surface area contributed by atoms with Crippen LogP contribution in [0.25, 0.3) is 21.5 Å². The lowest BCUT2D eigenvalue weighted by Crippen LogP contribution is -2.19. The zero-order chi connectivity index (χ0) is 13.9. The van der Waals surface area contributed by atoms with E-state index in [1.807, 2.05) is 18.5 Å². The van der Waals surface area contributed by atoms with Crippen LogP contribution in [0, 0.1) is 5.92 Å². The summed E-state index contributed by atoms with van der Waals surface area (Å²) in [5.41, 5.74) is 4.39. The number of fused-ring (bicyclic) bond motifs is 1. The fraction of sp³-hybridized carbons (Fsp3) is 0.333. The highest BCUT2D eigenvalue weighted by molar-refractivity contribution is 7.17. The predicted octanol–water partition coefficient (Wildman–Crippen LogP) is 3.43. The average molecular weight is 286 g/mol. The number of aromatic amines is 1. The second kappa shape index (κ2) is 5.73. The standard InChI is InChI=1S/C15H18N4S/c1-10(2)6-16-7-12-9-18-19-15(12)11-5-14-13(17-8-11)3-4-20-14/h3-5,8-10,16H,6-7H2,1-2H3,(H,18,19). The van der Waals surface area contributed by atoms with Crippen molar-refractivity contribution in [1.82, 2.24) is 20.5 Å². The van der Waals surface area contributed by atoms with Crippen LogP contribution in [0.1, 0.15) is 19.4 Å². The first kappa shape index (κ1) is 13.3. The zero-order valence-corrected chi connectivity index (χ0v) is 12.5. The van der Waals surface area contributed by atoms with Gasteiger partial charge >= 0.3 is 0 Å². The van der Waals surface area contributed by atoms with E-state index in [1.165, 1.54) is 10.3 Å². The molecule has 0 aliphatic rings. The van der Waals surface area contributed by atoms with Gasteiger partial charge in [0.1, 0.15) is 0 Å². The molecule has 0 aliphatic heterocycles. The highest BCUT2D eigenvalue weighted by Crippen LogP contribution is 2.26. The van der Waals surface area contributed by atoms with Crippen molar-refractivity contribution in [3.8, 4) is 11.3 Å². The van der Waals surface area contributed by atoms with Gasteiger partial charge in [-0.25, -0.2) is 0 Å². The molecule has 3 heterocycles. The number of thiophene rings is 1. The average Bonchev–Trinajstić information content (AvgIpc) is 3.05. The third-order valence-electron chi connectivity index (χ3n) is 3.18. The van der Waals surface area contributed by atoms with Gasteiger partial charge in [-0.15, -0.1) is 11.3 Å². The van der Waals surface area contributed by atoms with E-state index in [0.29, 0.717) is 5.92 Å². The fourth-order valence-electron chi connectivity index (χ4n) is 2.17. The second-order valence-electron chi connectivity index (χ2n) is 5.32. The van der Waals surface area contributed by atoms with E-state index >= 15 is 0 Å². The van der Waals surface area contributed by atoms with Crippen molar-refractivity contribution in [2.45, 2.75) is 20.4 Å². The minimum atomic E-state index is 0.648. The molecule has 0 atom stereocenters. The van der Waals surface area contributed by atoms with Crippen molar-refractivity contribution in [3.05, 3.63) is 35.5 Å². The Kier molecular flexibility index (Phi) is 3.80. The highest BCUT2D eigenvalue weighted by atomic mass is 32.1. The second-order valence-corrected chi connectivity index (χ2v) is 6.27. The normalized spacial score (nSPS) is 11.6. The van der Waals surface area contributed by atoms with Crippen LogP contribution in [-0.4, -0.2) is 21.7 Å². The van der Waals surface area contributed by atoms with Crippen LogP contribution in [0.15, 0.2) is 29.9 Å². The minimum Gasteiger partial charge on any atom is -0.312 e. The molecular weight excluding hydrogens is 268 g/mol. The third-order valence-corrected chi connectivity index (χ3v) is 4.03. The number of nitrogens with one attached hydrogen (secondary N) is 2. The molecule has 0 radical (unpaired) electrons. The molecule has 20 heavy (non-hydrogen) atoms. The number of hydrogen-bond acceptors (Lipinski definition) is 4. The molecule has 3 aromatic rings. The summed E-state index contributed by atoms with van der Waals surface area (Å²) < 4.78 is 1.21. The summed E-state index contributed by atoms with van der Waals surface area (Å²) >= 11 is 1.71. The molecule has 5 heteroatoms. The van der Waals surface area contributed by atoms with Crippen LogP contribution >= 0.6 is 11.3 Å². The summed E-state index contributed by atoms with van der Waals surface area (Å²) in [7, 11) is 0. The van der Waals surface area contributed by atoms with Crippen LogP contribution < -0.4 is 5.32 Å². The molecule has 0 aliphatic carbocycles. The van der Waals surface area contributed by atoms with E-state index in [4.69, 9.17) is 0 Å². The quantitative estimate of drug-likeness (QED) is 0.755. The lowest BCUT2D eigenvalue weighted by atomic mass is 10.1. The van der Waals surface area contributed by atoms with Gasteiger partial charge in [0.25, 0.3) is 0 Å². The molecule has 0 amide bonds. The Labute approximate surface area is 122 Å². The molecule has 2 N–H and O–H groups in total. The van der Waals surface area contributed by atoms with Gasteiger partial charge in [-0.05, 0) is 30.0 Å². The molecule has 3 rings (SSSR count). The molecule has 0 aromatic carbocycles. The molecule has 0 bridgehead atoms. The van der Waals surface area contributed by atoms with Crippen molar-refractivity contribution in [2.24, 2.45) is 5.92 Å². The fourth-order valence-corrected chi connectivity index (χ4v) is 2.95.